The number of nitrogens with one attached hydrogen (secondary N) is 3. The van der Waals surface area contributed by atoms with Crippen LogP contribution in [0, 0.1) is 5.92 Å². The van der Waals surface area contributed by atoms with Gasteiger partial charge in [0.1, 0.15) is 11.9 Å². The third-order valence-electron chi connectivity index (χ3n) is 8.46. The standard InChI is InChI=1S/C34H45N5O3/c1-22(2)25-13-11-14-26(23(3)4)30(25)37-33(42)39-32(34(17-8-6-9-18-34)29-16-7-10-19-36-29)38-31(41)24(5)21-27-28(40)15-12-20-35-27/h7,10-16,19-20,22-24,32,40H,6,8-9,17-18,21H2,1-5H3,(H,38,41)(H2,37,39,42). The monoisotopic (exact) mass is 571 g/mol. The van der Waals surface area contributed by atoms with Crippen molar-refractivity contribution in [1.29, 1.82) is 0 Å². The third-order valence-corrected chi connectivity index (χ3v) is 8.46. The average molecular weight is 572 g/mol. The number of carbonyl (C=O) groups excluding carboxylic acids is 2. The number of benzene rings is 1. The summed E-state index contributed by atoms with van der Waals surface area (Å²) < 4.78 is 0. The molecule has 0 radical (unpaired) electrons. The zero-order valence-corrected chi connectivity index (χ0v) is 25.5. The van der Waals surface area contributed by atoms with Crippen LogP contribution in [-0.2, 0) is 16.6 Å². The molecule has 1 fully saturated rings. The first-order valence-electron chi connectivity index (χ1n) is 15.2. The molecule has 0 aliphatic heterocycles. The van der Waals surface area contributed by atoms with E-state index in [1.165, 1.54) is 0 Å². The number of hydrogen-bond donors (Lipinski definition) is 4. The minimum Gasteiger partial charge on any atom is -0.506 e. The van der Waals surface area contributed by atoms with E-state index in [9.17, 15) is 14.7 Å². The fraction of sp³-hybridized carbons (Fsp3) is 0.471. The Morgan fingerprint density at radius 1 is 0.833 bits per heavy atom. The molecule has 1 aliphatic carbocycles. The number of anilines is 1. The smallest absolute Gasteiger partial charge is 0.320 e. The minimum absolute atomic E-state index is 0.0632. The van der Waals surface area contributed by atoms with Crippen molar-refractivity contribution in [3.8, 4) is 5.75 Å². The number of carbonyl (C=O) groups is 2. The Hall–Kier alpha value is -3.94. The highest BCUT2D eigenvalue weighted by Crippen LogP contribution is 2.41. The molecule has 4 rings (SSSR count). The number of aromatic nitrogens is 2. The van der Waals surface area contributed by atoms with Crippen molar-refractivity contribution in [2.24, 2.45) is 5.92 Å². The van der Waals surface area contributed by atoms with E-state index in [0.717, 1.165) is 54.6 Å². The molecule has 8 nitrogen and oxygen atoms in total. The van der Waals surface area contributed by atoms with Gasteiger partial charge in [0.15, 0.2) is 0 Å². The third kappa shape index (κ3) is 7.09. The molecule has 0 spiro atoms. The number of para-hydroxylation sites is 1. The van der Waals surface area contributed by atoms with Crippen molar-refractivity contribution in [1.82, 2.24) is 20.6 Å². The van der Waals surface area contributed by atoms with Crippen LogP contribution in [0.4, 0.5) is 10.5 Å². The summed E-state index contributed by atoms with van der Waals surface area (Å²) in [5.74, 6) is -0.213. The molecule has 2 aromatic heterocycles. The van der Waals surface area contributed by atoms with E-state index < -0.39 is 17.5 Å². The molecular formula is C34H45N5O3. The van der Waals surface area contributed by atoms with Crippen molar-refractivity contribution >= 4 is 17.6 Å². The lowest BCUT2D eigenvalue weighted by Crippen LogP contribution is -2.62. The molecule has 2 unspecified atom stereocenters. The summed E-state index contributed by atoms with van der Waals surface area (Å²) >= 11 is 0. The quantitative estimate of drug-likeness (QED) is 0.200. The van der Waals surface area contributed by atoms with Gasteiger partial charge < -0.3 is 21.1 Å². The summed E-state index contributed by atoms with van der Waals surface area (Å²) in [5, 5.41) is 19.8. The Balaban J connectivity index is 1.66. The number of rotatable bonds is 10. The van der Waals surface area contributed by atoms with Crippen molar-refractivity contribution in [3.05, 3.63) is 83.4 Å². The predicted octanol–water partition coefficient (Wildman–Crippen LogP) is 6.77. The number of pyridine rings is 2. The summed E-state index contributed by atoms with van der Waals surface area (Å²) in [6, 6.07) is 14.8. The van der Waals surface area contributed by atoms with Crippen LogP contribution in [0.3, 0.4) is 0 Å². The van der Waals surface area contributed by atoms with E-state index in [1.807, 2.05) is 31.2 Å². The molecule has 1 saturated carbocycles. The maximum Gasteiger partial charge on any atom is 0.320 e. The van der Waals surface area contributed by atoms with E-state index in [1.54, 1.807) is 24.5 Å². The number of aromatic hydroxyl groups is 1. The lowest BCUT2D eigenvalue weighted by Gasteiger charge is -2.44. The molecule has 42 heavy (non-hydrogen) atoms. The highest BCUT2D eigenvalue weighted by molar-refractivity contribution is 5.92. The molecule has 8 heteroatoms. The Labute approximate surface area is 249 Å². The maximum absolute atomic E-state index is 13.8. The molecule has 1 aromatic carbocycles. The second-order valence-electron chi connectivity index (χ2n) is 12.2. The van der Waals surface area contributed by atoms with E-state index in [4.69, 9.17) is 4.98 Å². The van der Waals surface area contributed by atoms with Crippen LogP contribution in [0.2, 0.25) is 0 Å². The van der Waals surface area contributed by atoms with Crippen molar-refractivity contribution in [3.63, 3.8) is 0 Å². The van der Waals surface area contributed by atoms with Crippen LogP contribution in [-0.4, -0.2) is 33.2 Å². The Bertz CT molecular complexity index is 1330. The fourth-order valence-electron chi connectivity index (χ4n) is 6.08. The SMILES string of the molecule is CC(Cc1ncccc1O)C(=O)NC(NC(=O)Nc1c(C(C)C)cccc1C(C)C)C1(c2ccccn2)CCCCC1. The second-order valence-corrected chi connectivity index (χ2v) is 12.2. The molecule has 224 valence electrons. The minimum atomic E-state index is -0.700. The maximum atomic E-state index is 13.8. The van der Waals surface area contributed by atoms with Crippen molar-refractivity contribution in [2.75, 3.05) is 5.32 Å². The molecular weight excluding hydrogens is 526 g/mol. The van der Waals surface area contributed by atoms with Crippen LogP contribution in [0.25, 0.3) is 0 Å². The van der Waals surface area contributed by atoms with Gasteiger partial charge in [-0.1, -0.05) is 78.1 Å². The van der Waals surface area contributed by atoms with Crippen molar-refractivity contribution < 1.29 is 14.7 Å². The normalized spacial score (nSPS) is 16.1. The van der Waals surface area contributed by atoms with Gasteiger partial charge in [0.25, 0.3) is 0 Å². The first-order valence-corrected chi connectivity index (χ1v) is 15.2. The van der Waals surface area contributed by atoms with Crippen LogP contribution in [0.5, 0.6) is 5.75 Å². The topological polar surface area (TPSA) is 116 Å². The second kappa shape index (κ2) is 13.8. The average Bonchev–Trinajstić information content (AvgIpc) is 2.98. The first kappa shape index (κ1) is 31.0. The van der Waals surface area contributed by atoms with Gasteiger partial charge in [0.2, 0.25) is 5.91 Å². The summed E-state index contributed by atoms with van der Waals surface area (Å²) in [5.41, 5.74) is 3.70. The highest BCUT2D eigenvalue weighted by atomic mass is 16.3. The van der Waals surface area contributed by atoms with Gasteiger partial charge in [0.05, 0.1) is 16.8 Å². The van der Waals surface area contributed by atoms with Gasteiger partial charge in [-0.25, -0.2) is 4.79 Å². The van der Waals surface area contributed by atoms with Gasteiger partial charge in [-0.05, 0) is 60.1 Å². The Morgan fingerprint density at radius 3 is 2.10 bits per heavy atom. The van der Waals surface area contributed by atoms with Gasteiger partial charge in [0, 0.05) is 30.4 Å². The van der Waals surface area contributed by atoms with Gasteiger partial charge >= 0.3 is 6.03 Å². The highest BCUT2D eigenvalue weighted by Gasteiger charge is 2.44. The zero-order valence-electron chi connectivity index (χ0n) is 25.5. The van der Waals surface area contributed by atoms with Crippen LogP contribution in [0.1, 0.15) is 101 Å². The van der Waals surface area contributed by atoms with Crippen LogP contribution in [0.15, 0.2) is 60.9 Å². The van der Waals surface area contributed by atoms with Crippen LogP contribution >= 0.6 is 0 Å². The van der Waals surface area contributed by atoms with Gasteiger partial charge in [-0.2, -0.15) is 0 Å². The molecule has 1 aliphatic rings. The van der Waals surface area contributed by atoms with E-state index in [0.29, 0.717) is 5.69 Å². The lowest BCUT2D eigenvalue weighted by molar-refractivity contribution is -0.126. The summed E-state index contributed by atoms with van der Waals surface area (Å²) in [6.07, 6.45) is 7.54. The van der Waals surface area contributed by atoms with E-state index in [2.05, 4.69) is 60.8 Å². The lowest BCUT2D eigenvalue weighted by atomic mass is 9.69. The van der Waals surface area contributed by atoms with E-state index in [-0.39, 0.29) is 35.9 Å². The van der Waals surface area contributed by atoms with E-state index >= 15 is 0 Å². The summed E-state index contributed by atoms with van der Waals surface area (Å²) in [7, 11) is 0. The molecule has 2 atom stereocenters. The number of amides is 3. The molecule has 4 N–H and O–H groups in total. The fourth-order valence-corrected chi connectivity index (χ4v) is 6.08. The zero-order chi connectivity index (χ0) is 30.3. The molecule has 3 aromatic rings. The summed E-state index contributed by atoms with van der Waals surface area (Å²) in [6.45, 7) is 10.3. The predicted molar refractivity (Wildman–Crippen MR) is 166 cm³/mol. The van der Waals surface area contributed by atoms with Crippen LogP contribution < -0.4 is 16.0 Å². The van der Waals surface area contributed by atoms with Gasteiger partial charge in [-0.3, -0.25) is 14.8 Å². The molecule has 3 amide bonds. The number of urea groups is 1. The molecule has 2 heterocycles. The molecule has 0 bridgehead atoms. The number of hydrogen-bond acceptors (Lipinski definition) is 5. The molecule has 0 saturated heterocycles. The summed E-state index contributed by atoms with van der Waals surface area (Å²) in [4.78, 5) is 36.5. The Kier molecular flexibility index (Phi) is 10.2. The Morgan fingerprint density at radius 2 is 1.50 bits per heavy atom. The largest absolute Gasteiger partial charge is 0.506 e. The van der Waals surface area contributed by atoms with Crippen molar-refractivity contribution in [2.45, 2.75) is 96.6 Å². The van der Waals surface area contributed by atoms with Gasteiger partial charge in [-0.15, -0.1) is 0 Å². The number of nitrogens with zero attached hydrogens (tertiary/aromatic N) is 2. The first-order chi connectivity index (χ1) is 20.1.